The lowest BCUT2D eigenvalue weighted by Gasteiger charge is -2.27. The predicted octanol–water partition coefficient (Wildman–Crippen LogP) is 4.88. The lowest BCUT2D eigenvalue weighted by Crippen LogP contribution is -2.38. The van der Waals surface area contributed by atoms with E-state index in [2.05, 4.69) is 33.5 Å². The molecule has 3 nitrogen and oxygen atoms in total. The van der Waals surface area contributed by atoms with Crippen molar-refractivity contribution < 1.29 is 4.79 Å². The van der Waals surface area contributed by atoms with Gasteiger partial charge in [-0.2, -0.15) is 0 Å². The highest BCUT2D eigenvalue weighted by molar-refractivity contribution is 9.10. The molecule has 2 aliphatic rings. The summed E-state index contributed by atoms with van der Waals surface area (Å²) in [6, 6.07) is 8.07. The van der Waals surface area contributed by atoms with Crippen LogP contribution in [0.25, 0.3) is 0 Å². The van der Waals surface area contributed by atoms with Crippen LogP contribution in [-0.2, 0) is 12.8 Å². The van der Waals surface area contributed by atoms with Crippen LogP contribution in [0, 0.1) is 5.92 Å². The van der Waals surface area contributed by atoms with Gasteiger partial charge in [0.15, 0.2) is 0 Å². The highest BCUT2D eigenvalue weighted by Gasteiger charge is 2.33. The summed E-state index contributed by atoms with van der Waals surface area (Å²) < 4.78 is 1.02. The highest BCUT2D eigenvalue weighted by Crippen LogP contribution is 2.43. The summed E-state index contributed by atoms with van der Waals surface area (Å²) in [7, 11) is 0. The van der Waals surface area contributed by atoms with Crippen LogP contribution in [0.2, 0.25) is 0 Å². The molecule has 5 heteroatoms. The molecule has 2 heterocycles. The molecule has 0 saturated carbocycles. The molecule has 2 atom stereocenters. The summed E-state index contributed by atoms with van der Waals surface area (Å²) in [5.74, 6) is 0.836. The molecule has 120 valence electrons. The first-order valence-electron chi connectivity index (χ1n) is 8.13. The minimum Gasteiger partial charge on any atom is -0.353 e. The minimum atomic E-state index is -0.158. The molecule has 0 radical (unpaired) electrons. The number of fused-ring (bicyclic) bond motifs is 3. The maximum atomic E-state index is 12.7. The monoisotopic (exact) mass is 390 g/mol. The smallest absolute Gasteiger partial charge is 0.256 e. The summed E-state index contributed by atoms with van der Waals surface area (Å²) in [4.78, 5) is 14.1. The van der Waals surface area contributed by atoms with Gasteiger partial charge in [0.2, 0.25) is 0 Å². The summed E-state index contributed by atoms with van der Waals surface area (Å²) in [5, 5.41) is 7.68. The van der Waals surface area contributed by atoms with Crippen LogP contribution >= 0.6 is 27.3 Å². The van der Waals surface area contributed by atoms with Crippen molar-refractivity contribution >= 4 is 38.2 Å². The molecule has 1 aliphatic carbocycles. The minimum absolute atomic E-state index is 0.0659. The normalized spacial score (nSPS) is 22.8. The maximum Gasteiger partial charge on any atom is 0.256 e. The molecule has 23 heavy (non-hydrogen) atoms. The molecule has 1 aromatic heterocycles. The second-order valence-corrected chi connectivity index (χ2v) is 8.35. The number of thiophene rings is 1. The Hall–Kier alpha value is -1.33. The predicted molar refractivity (Wildman–Crippen MR) is 98.1 cm³/mol. The molecular weight excluding hydrogens is 372 g/mol. The number of carbonyl (C=O) groups excluding carboxylic acids is 1. The second kappa shape index (κ2) is 5.95. The van der Waals surface area contributed by atoms with Gasteiger partial charge in [0.25, 0.3) is 5.91 Å². The van der Waals surface area contributed by atoms with Crippen molar-refractivity contribution in [2.45, 2.75) is 38.8 Å². The van der Waals surface area contributed by atoms with E-state index in [0.717, 1.165) is 39.4 Å². The molecule has 0 fully saturated rings. The van der Waals surface area contributed by atoms with Gasteiger partial charge < -0.3 is 10.6 Å². The summed E-state index contributed by atoms with van der Waals surface area (Å²) in [6.07, 6.45) is 4.43. The molecule has 1 aliphatic heterocycles. The SMILES string of the molecule is CC[C@@H]1CCc2c(sc3c2C(=O)N[C@@H](c2cccc(Br)c2)N3)C1. The zero-order valence-electron chi connectivity index (χ0n) is 13.0. The third kappa shape index (κ3) is 2.70. The van der Waals surface area contributed by atoms with Crippen molar-refractivity contribution in [3.05, 3.63) is 50.3 Å². The number of nitrogens with one attached hydrogen (secondary N) is 2. The number of hydrogen-bond donors (Lipinski definition) is 2. The lowest BCUT2D eigenvalue weighted by molar-refractivity contribution is 0.0935. The van der Waals surface area contributed by atoms with Gasteiger partial charge in [0, 0.05) is 9.35 Å². The quantitative estimate of drug-likeness (QED) is 0.766. The third-order valence-electron chi connectivity index (χ3n) is 4.90. The van der Waals surface area contributed by atoms with Crippen LogP contribution in [0.4, 0.5) is 5.00 Å². The number of halogens is 1. The van der Waals surface area contributed by atoms with E-state index >= 15 is 0 Å². The molecule has 0 saturated heterocycles. The van der Waals surface area contributed by atoms with Crippen LogP contribution in [0.5, 0.6) is 0 Å². The van der Waals surface area contributed by atoms with E-state index in [1.807, 2.05) is 24.3 Å². The Kier molecular flexibility index (Phi) is 3.93. The summed E-state index contributed by atoms with van der Waals surface area (Å²) in [5.41, 5.74) is 3.24. The van der Waals surface area contributed by atoms with Crippen LogP contribution in [0.3, 0.4) is 0 Å². The Morgan fingerprint density at radius 1 is 1.35 bits per heavy atom. The maximum absolute atomic E-state index is 12.7. The van der Waals surface area contributed by atoms with E-state index in [-0.39, 0.29) is 12.1 Å². The molecule has 1 amide bonds. The zero-order valence-corrected chi connectivity index (χ0v) is 15.4. The second-order valence-electron chi connectivity index (χ2n) is 6.33. The van der Waals surface area contributed by atoms with Gasteiger partial charge in [-0.25, -0.2) is 0 Å². The summed E-state index contributed by atoms with van der Waals surface area (Å²) >= 11 is 5.28. The number of carbonyl (C=O) groups is 1. The lowest BCUT2D eigenvalue weighted by atomic mass is 9.85. The topological polar surface area (TPSA) is 41.1 Å². The third-order valence-corrected chi connectivity index (χ3v) is 6.58. The van der Waals surface area contributed by atoms with Crippen molar-refractivity contribution in [1.82, 2.24) is 5.32 Å². The van der Waals surface area contributed by atoms with Gasteiger partial charge in [-0.15, -0.1) is 11.3 Å². The molecule has 2 aromatic rings. The van der Waals surface area contributed by atoms with E-state index in [1.165, 1.54) is 23.3 Å². The Labute approximate surface area is 148 Å². The van der Waals surface area contributed by atoms with Crippen molar-refractivity contribution in [3.63, 3.8) is 0 Å². The first-order valence-corrected chi connectivity index (χ1v) is 9.74. The summed E-state index contributed by atoms with van der Waals surface area (Å²) in [6.45, 7) is 2.26. The average Bonchev–Trinajstić information content (AvgIpc) is 2.92. The van der Waals surface area contributed by atoms with Gasteiger partial charge in [0.1, 0.15) is 11.2 Å². The molecule has 0 unspecified atom stereocenters. The fourth-order valence-corrected chi connectivity index (χ4v) is 5.37. The van der Waals surface area contributed by atoms with Gasteiger partial charge >= 0.3 is 0 Å². The molecular formula is C18H19BrN2OS. The van der Waals surface area contributed by atoms with E-state index in [1.54, 1.807) is 11.3 Å². The Morgan fingerprint density at radius 2 is 2.22 bits per heavy atom. The number of benzene rings is 1. The van der Waals surface area contributed by atoms with Crippen LogP contribution in [0.15, 0.2) is 28.7 Å². The zero-order chi connectivity index (χ0) is 16.0. The van der Waals surface area contributed by atoms with Crippen molar-refractivity contribution in [2.24, 2.45) is 5.92 Å². The Bertz CT molecular complexity index is 770. The highest BCUT2D eigenvalue weighted by atomic mass is 79.9. The van der Waals surface area contributed by atoms with Gasteiger partial charge in [-0.3, -0.25) is 4.79 Å². The molecule has 1 aromatic carbocycles. The van der Waals surface area contributed by atoms with Crippen LogP contribution < -0.4 is 10.6 Å². The van der Waals surface area contributed by atoms with Gasteiger partial charge in [-0.05, 0) is 48.4 Å². The average molecular weight is 391 g/mol. The molecule has 0 bridgehead atoms. The van der Waals surface area contributed by atoms with Gasteiger partial charge in [-0.1, -0.05) is 41.4 Å². The largest absolute Gasteiger partial charge is 0.353 e. The fourth-order valence-electron chi connectivity index (χ4n) is 3.57. The standard InChI is InChI=1S/C18H19BrN2OS/c1-2-10-6-7-13-14(8-10)23-18-15(13)17(22)20-16(21-18)11-4-3-5-12(19)9-11/h3-5,9-10,16,21H,2,6-8H2,1H3,(H,20,22)/t10-,16-/m1/s1. The Balaban J connectivity index is 1.68. The van der Waals surface area contributed by atoms with E-state index < -0.39 is 0 Å². The van der Waals surface area contributed by atoms with E-state index in [0.29, 0.717) is 0 Å². The van der Waals surface area contributed by atoms with Crippen LogP contribution in [0.1, 0.15) is 52.3 Å². The molecule has 4 rings (SSSR count). The number of anilines is 1. The van der Waals surface area contributed by atoms with Crippen molar-refractivity contribution in [2.75, 3.05) is 5.32 Å². The number of amides is 1. The first kappa shape index (κ1) is 15.2. The van der Waals surface area contributed by atoms with Crippen LogP contribution in [-0.4, -0.2) is 5.91 Å². The number of hydrogen-bond acceptors (Lipinski definition) is 3. The molecule has 2 N–H and O–H groups in total. The number of rotatable bonds is 2. The van der Waals surface area contributed by atoms with Crippen molar-refractivity contribution in [3.8, 4) is 0 Å². The Morgan fingerprint density at radius 3 is 3.00 bits per heavy atom. The molecule has 0 spiro atoms. The van der Waals surface area contributed by atoms with Gasteiger partial charge in [0.05, 0.1) is 5.56 Å². The van der Waals surface area contributed by atoms with E-state index in [4.69, 9.17) is 0 Å². The van der Waals surface area contributed by atoms with Crippen molar-refractivity contribution in [1.29, 1.82) is 0 Å². The first-order chi connectivity index (χ1) is 11.2. The van der Waals surface area contributed by atoms with E-state index in [9.17, 15) is 4.79 Å². The fraction of sp³-hybridized carbons (Fsp3) is 0.389.